The van der Waals surface area contributed by atoms with Gasteiger partial charge in [-0.05, 0) is 53.4 Å². The SMILES string of the molecule is Cc1ccc(C(=O)NCC2(CCl)CCCC2)c(Br)c1. The summed E-state index contributed by atoms with van der Waals surface area (Å²) in [4.78, 5) is 12.2. The highest BCUT2D eigenvalue weighted by atomic mass is 79.9. The van der Waals surface area contributed by atoms with Crippen LogP contribution >= 0.6 is 27.5 Å². The Morgan fingerprint density at radius 1 is 1.42 bits per heavy atom. The molecule has 4 heteroatoms. The van der Waals surface area contributed by atoms with Crippen molar-refractivity contribution in [2.75, 3.05) is 12.4 Å². The van der Waals surface area contributed by atoms with Gasteiger partial charge in [0.2, 0.25) is 0 Å². The second kappa shape index (κ2) is 6.27. The molecule has 0 aromatic heterocycles. The summed E-state index contributed by atoms with van der Waals surface area (Å²) in [5.41, 5.74) is 1.93. The van der Waals surface area contributed by atoms with Crippen molar-refractivity contribution in [3.8, 4) is 0 Å². The van der Waals surface area contributed by atoms with E-state index in [0.29, 0.717) is 18.0 Å². The van der Waals surface area contributed by atoms with Crippen LogP contribution in [0.15, 0.2) is 22.7 Å². The Hall–Kier alpha value is -0.540. The fourth-order valence-corrected chi connectivity index (χ4v) is 3.69. The maximum Gasteiger partial charge on any atom is 0.252 e. The van der Waals surface area contributed by atoms with E-state index >= 15 is 0 Å². The second-order valence-corrected chi connectivity index (χ2v) is 6.63. The average Bonchev–Trinajstić information content (AvgIpc) is 2.85. The third kappa shape index (κ3) is 3.51. The van der Waals surface area contributed by atoms with Gasteiger partial charge < -0.3 is 5.32 Å². The first-order valence-electron chi connectivity index (χ1n) is 6.67. The van der Waals surface area contributed by atoms with Crippen LogP contribution in [-0.2, 0) is 0 Å². The number of alkyl halides is 1. The molecule has 0 atom stereocenters. The van der Waals surface area contributed by atoms with Gasteiger partial charge in [0.15, 0.2) is 0 Å². The summed E-state index contributed by atoms with van der Waals surface area (Å²) >= 11 is 9.53. The van der Waals surface area contributed by atoms with Crippen molar-refractivity contribution in [3.63, 3.8) is 0 Å². The topological polar surface area (TPSA) is 29.1 Å². The summed E-state index contributed by atoms with van der Waals surface area (Å²) in [5.74, 6) is 0.603. The zero-order valence-corrected chi connectivity index (χ0v) is 13.5. The second-order valence-electron chi connectivity index (χ2n) is 5.51. The maximum atomic E-state index is 12.2. The smallest absolute Gasteiger partial charge is 0.252 e. The molecule has 1 aromatic carbocycles. The number of rotatable bonds is 4. The normalized spacial score (nSPS) is 17.4. The summed E-state index contributed by atoms with van der Waals surface area (Å²) in [7, 11) is 0. The molecule has 0 radical (unpaired) electrons. The first-order valence-corrected chi connectivity index (χ1v) is 7.99. The van der Waals surface area contributed by atoms with Crippen molar-refractivity contribution in [2.45, 2.75) is 32.6 Å². The molecule has 1 fully saturated rings. The number of hydrogen-bond donors (Lipinski definition) is 1. The molecule has 2 rings (SSSR count). The zero-order valence-electron chi connectivity index (χ0n) is 11.1. The van der Waals surface area contributed by atoms with Gasteiger partial charge in [0, 0.05) is 22.3 Å². The Kier molecular flexibility index (Phi) is 4.91. The van der Waals surface area contributed by atoms with E-state index in [9.17, 15) is 4.79 Å². The van der Waals surface area contributed by atoms with E-state index in [-0.39, 0.29) is 11.3 Å². The van der Waals surface area contributed by atoms with E-state index < -0.39 is 0 Å². The van der Waals surface area contributed by atoms with Gasteiger partial charge in [0.05, 0.1) is 5.56 Å². The maximum absolute atomic E-state index is 12.2. The molecule has 0 saturated heterocycles. The van der Waals surface area contributed by atoms with Gasteiger partial charge in [-0.3, -0.25) is 4.79 Å². The monoisotopic (exact) mass is 343 g/mol. The summed E-state index contributed by atoms with van der Waals surface area (Å²) in [6.07, 6.45) is 4.67. The Balaban J connectivity index is 2.01. The lowest BCUT2D eigenvalue weighted by atomic mass is 9.88. The highest BCUT2D eigenvalue weighted by Crippen LogP contribution is 2.38. The Morgan fingerprint density at radius 2 is 2.11 bits per heavy atom. The minimum atomic E-state index is -0.0248. The van der Waals surface area contributed by atoms with Gasteiger partial charge in [-0.2, -0.15) is 0 Å². The molecule has 1 N–H and O–H groups in total. The summed E-state index contributed by atoms with van der Waals surface area (Å²) < 4.78 is 0.844. The molecule has 1 aliphatic carbocycles. The van der Waals surface area contributed by atoms with E-state index in [1.165, 1.54) is 12.8 Å². The predicted octanol–water partition coefficient (Wildman–Crippen LogP) is 4.29. The van der Waals surface area contributed by atoms with Crippen LogP contribution in [0.4, 0.5) is 0 Å². The summed E-state index contributed by atoms with van der Waals surface area (Å²) in [6.45, 7) is 2.68. The zero-order chi connectivity index (χ0) is 13.9. The van der Waals surface area contributed by atoms with Crippen molar-refractivity contribution in [3.05, 3.63) is 33.8 Å². The number of aryl methyl sites for hydroxylation is 1. The van der Waals surface area contributed by atoms with Crippen LogP contribution in [-0.4, -0.2) is 18.3 Å². The number of hydrogen-bond acceptors (Lipinski definition) is 1. The van der Waals surface area contributed by atoms with Crippen LogP contribution in [0.2, 0.25) is 0 Å². The van der Waals surface area contributed by atoms with Gasteiger partial charge in [0.25, 0.3) is 5.91 Å². The Labute approximate surface area is 128 Å². The average molecular weight is 345 g/mol. The number of nitrogens with one attached hydrogen (secondary N) is 1. The van der Waals surface area contributed by atoms with Crippen molar-refractivity contribution in [1.29, 1.82) is 0 Å². The van der Waals surface area contributed by atoms with Gasteiger partial charge in [-0.1, -0.05) is 18.9 Å². The first kappa shape index (κ1) is 14.9. The molecule has 1 aromatic rings. The van der Waals surface area contributed by atoms with Crippen LogP contribution in [0.3, 0.4) is 0 Å². The molecule has 0 spiro atoms. The van der Waals surface area contributed by atoms with E-state index in [2.05, 4.69) is 21.2 Å². The van der Waals surface area contributed by atoms with E-state index in [1.54, 1.807) is 0 Å². The van der Waals surface area contributed by atoms with Crippen LogP contribution in [0, 0.1) is 12.3 Å². The lowest BCUT2D eigenvalue weighted by molar-refractivity contribution is 0.0934. The number of amides is 1. The summed E-state index contributed by atoms with van der Waals surface area (Å²) in [6, 6.07) is 5.77. The van der Waals surface area contributed by atoms with Crippen LogP contribution in [0.25, 0.3) is 0 Å². The fraction of sp³-hybridized carbons (Fsp3) is 0.533. The molecule has 0 heterocycles. The van der Waals surface area contributed by atoms with Crippen molar-refractivity contribution in [2.24, 2.45) is 5.41 Å². The lowest BCUT2D eigenvalue weighted by Gasteiger charge is -2.26. The molecule has 104 valence electrons. The van der Waals surface area contributed by atoms with Gasteiger partial charge in [-0.25, -0.2) is 0 Å². The van der Waals surface area contributed by atoms with Crippen LogP contribution in [0.5, 0.6) is 0 Å². The predicted molar refractivity (Wildman–Crippen MR) is 82.8 cm³/mol. The largest absolute Gasteiger partial charge is 0.351 e. The Morgan fingerprint density at radius 3 is 2.68 bits per heavy atom. The highest BCUT2D eigenvalue weighted by molar-refractivity contribution is 9.10. The molecule has 0 bridgehead atoms. The fourth-order valence-electron chi connectivity index (χ4n) is 2.65. The molecule has 1 aliphatic rings. The number of carbonyl (C=O) groups is 1. The molecule has 2 nitrogen and oxygen atoms in total. The van der Waals surface area contributed by atoms with E-state index in [1.807, 2.05) is 25.1 Å². The molecule has 0 aliphatic heterocycles. The molecule has 19 heavy (non-hydrogen) atoms. The number of halogens is 2. The molecular weight excluding hydrogens is 326 g/mol. The quantitative estimate of drug-likeness (QED) is 0.811. The molecule has 1 saturated carbocycles. The standard InChI is InChI=1S/C15H19BrClNO/c1-11-4-5-12(13(16)8-11)14(19)18-10-15(9-17)6-2-3-7-15/h4-5,8H,2-3,6-7,9-10H2,1H3,(H,18,19). The first-order chi connectivity index (χ1) is 9.06. The molecule has 0 unspecified atom stereocenters. The number of benzene rings is 1. The lowest BCUT2D eigenvalue weighted by Crippen LogP contribution is -2.37. The number of carbonyl (C=O) groups excluding carboxylic acids is 1. The van der Waals surface area contributed by atoms with E-state index in [4.69, 9.17) is 11.6 Å². The summed E-state index contributed by atoms with van der Waals surface area (Å²) in [5, 5.41) is 3.04. The van der Waals surface area contributed by atoms with Gasteiger partial charge in [-0.15, -0.1) is 11.6 Å². The Bertz CT molecular complexity index is 469. The third-order valence-corrected chi connectivity index (χ3v) is 5.16. The highest BCUT2D eigenvalue weighted by Gasteiger charge is 2.33. The van der Waals surface area contributed by atoms with Crippen LogP contribution in [0.1, 0.15) is 41.6 Å². The van der Waals surface area contributed by atoms with Gasteiger partial charge >= 0.3 is 0 Å². The third-order valence-electron chi connectivity index (χ3n) is 3.94. The van der Waals surface area contributed by atoms with Gasteiger partial charge in [0.1, 0.15) is 0 Å². The molecular formula is C15H19BrClNO. The minimum absolute atomic E-state index is 0.0248. The van der Waals surface area contributed by atoms with E-state index in [0.717, 1.165) is 22.9 Å². The minimum Gasteiger partial charge on any atom is -0.351 e. The molecule has 1 amide bonds. The van der Waals surface area contributed by atoms with Crippen LogP contribution < -0.4 is 5.32 Å². The van der Waals surface area contributed by atoms with Crippen molar-refractivity contribution < 1.29 is 4.79 Å². The van der Waals surface area contributed by atoms with Crippen molar-refractivity contribution in [1.82, 2.24) is 5.32 Å². The van der Waals surface area contributed by atoms with Crippen molar-refractivity contribution >= 4 is 33.4 Å².